The Morgan fingerprint density at radius 1 is 1.56 bits per heavy atom. The molecule has 0 amide bonds. The van der Waals surface area contributed by atoms with Crippen molar-refractivity contribution < 1.29 is 0 Å². The summed E-state index contributed by atoms with van der Waals surface area (Å²) >= 11 is 0. The molecule has 1 unspecified atom stereocenters. The van der Waals surface area contributed by atoms with Crippen molar-refractivity contribution in [1.82, 2.24) is 0 Å². The minimum atomic E-state index is 0.0961. The fraction of sp³-hybridized carbons (Fsp3) is 0.714. The summed E-state index contributed by atoms with van der Waals surface area (Å²) in [5.41, 5.74) is 12.7. The van der Waals surface area contributed by atoms with Crippen molar-refractivity contribution in [3.8, 4) is 0 Å². The molecule has 0 aliphatic heterocycles. The minimum Gasteiger partial charge on any atom is -0.326 e. The molecule has 0 saturated carbocycles. The van der Waals surface area contributed by atoms with E-state index in [4.69, 9.17) is 11.5 Å². The van der Waals surface area contributed by atoms with Crippen molar-refractivity contribution in [2.75, 3.05) is 0 Å². The van der Waals surface area contributed by atoms with Gasteiger partial charge in [-0.25, -0.2) is 0 Å². The van der Waals surface area contributed by atoms with Gasteiger partial charge in [0.1, 0.15) is 0 Å². The lowest BCUT2D eigenvalue weighted by Crippen LogP contribution is -2.41. The Balaban J connectivity index is 2.58. The normalized spacial score (nSPS) is 36.1. The van der Waals surface area contributed by atoms with E-state index in [1.54, 1.807) is 0 Å². The Morgan fingerprint density at radius 2 is 2.22 bits per heavy atom. The molecule has 0 spiro atoms. The quantitative estimate of drug-likeness (QED) is 0.461. The molecule has 1 aliphatic carbocycles. The molecule has 0 bridgehead atoms. The van der Waals surface area contributed by atoms with Gasteiger partial charge in [0.05, 0.1) is 0 Å². The van der Waals surface area contributed by atoms with Gasteiger partial charge in [-0.2, -0.15) is 0 Å². The largest absolute Gasteiger partial charge is 0.326 e. The zero-order valence-corrected chi connectivity index (χ0v) is 5.80. The standard InChI is InChI=1S/C7H14N2/c1-5-2-3-6(8)7(9)4-5/h4,6-7H,2-3,8-9H2,1H3/t6-,7?/m1/s1. The van der Waals surface area contributed by atoms with E-state index >= 15 is 0 Å². The van der Waals surface area contributed by atoms with E-state index in [0.29, 0.717) is 0 Å². The van der Waals surface area contributed by atoms with Crippen LogP contribution in [0.1, 0.15) is 19.8 Å². The Hall–Kier alpha value is -0.340. The summed E-state index contributed by atoms with van der Waals surface area (Å²) in [7, 11) is 0. The maximum Gasteiger partial charge on any atom is 0.0380 e. The number of nitrogens with two attached hydrogens (primary N) is 2. The van der Waals surface area contributed by atoms with Gasteiger partial charge in [-0.15, -0.1) is 0 Å². The van der Waals surface area contributed by atoms with Gasteiger partial charge < -0.3 is 11.5 Å². The van der Waals surface area contributed by atoms with Crippen LogP contribution in [0.15, 0.2) is 11.6 Å². The Kier molecular flexibility index (Phi) is 1.88. The van der Waals surface area contributed by atoms with Crippen LogP contribution in [0.4, 0.5) is 0 Å². The predicted molar refractivity (Wildman–Crippen MR) is 38.9 cm³/mol. The Morgan fingerprint density at radius 3 is 2.67 bits per heavy atom. The average Bonchev–Trinajstić information content (AvgIpc) is 1.80. The van der Waals surface area contributed by atoms with E-state index in [2.05, 4.69) is 13.0 Å². The van der Waals surface area contributed by atoms with E-state index in [0.717, 1.165) is 12.8 Å². The molecule has 0 aromatic rings. The molecule has 0 aromatic heterocycles. The molecule has 0 fully saturated rings. The summed E-state index contributed by atoms with van der Waals surface area (Å²) < 4.78 is 0. The minimum absolute atomic E-state index is 0.0961. The molecule has 0 aromatic carbocycles. The fourth-order valence-electron chi connectivity index (χ4n) is 1.12. The topological polar surface area (TPSA) is 52.0 Å². The number of allylic oxidation sites excluding steroid dienone is 1. The third-order valence-corrected chi connectivity index (χ3v) is 1.84. The molecule has 0 radical (unpaired) electrons. The second kappa shape index (κ2) is 2.50. The van der Waals surface area contributed by atoms with Crippen molar-refractivity contribution in [3.05, 3.63) is 11.6 Å². The number of hydrogen-bond acceptors (Lipinski definition) is 2. The van der Waals surface area contributed by atoms with Crippen LogP contribution in [0.5, 0.6) is 0 Å². The zero-order chi connectivity index (χ0) is 6.85. The van der Waals surface area contributed by atoms with Crippen molar-refractivity contribution in [2.45, 2.75) is 31.8 Å². The SMILES string of the molecule is CC1=CC(N)[C@H](N)CC1. The smallest absolute Gasteiger partial charge is 0.0380 e. The van der Waals surface area contributed by atoms with Gasteiger partial charge in [0.2, 0.25) is 0 Å². The van der Waals surface area contributed by atoms with Gasteiger partial charge in [-0.1, -0.05) is 11.6 Å². The van der Waals surface area contributed by atoms with Crippen molar-refractivity contribution in [2.24, 2.45) is 11.5 Å². The molecule has 52 valence electrons. The summed E-state index contributed by atoms with van der Waals surface area (Å²) in [6.07, 6.45) is 4.23. The monoisotopic (exact) mass is 126 g/mol. The first kappa shape index (κ1) is 6.78. The van der Waals surface area contributed by atoms with Gasteiger partial charge in [-0.3, -0.25) is 0 Å². The zero-order valence-electron chi connectivity index (χ0n) is 5.80. The molecule has 1 aliphatic rings. The highest BCUT2D eigenvalue weighted by Gasteiger charge is 2.14. The molecule has 9 heavy (non-hydrogen) atoms. The molecule has 4 N–H and O–H groups in total. The van der Waals surface area contributed by atoms with Crippen LogP contribution in [0.3, 0.4) is 0 Å². The summed E-state index contributed by atoms with van der Waals surface area (Å²) in [4.78, 5) is 0. The van der Waals surface area contributed by atoms with Crippen LogP contribution in [0, 0.1) is 0 Å². The molecule has 2 nitrogen and oxygen atoms in total. The van der Waals surface area contributed by atoms with Crippen LogP contribution >= 0.6 is 0 Å². The Bertz CT molecular complexity index is 129. The highest BCUT2D eigenvalue weighted by Crippen LogP contribution is 2.14. The Labute approximate surface area is 55.9 Å². The fourth-order valence-corrected chi connectivity index (χ4v) is 1.12. The van der Waals surface area contributed by atoms with Gasteiger partial charge in [-0.05, 0) is 19.8 Å². The lowest BCUT2D eigenvalue weighted by Gasteiger charge is -2.22. The van der Waals surface area contributed by atoms with Crippen LogP contribution in [-0.2, 0) is 0 Å². The number of rotatable bonds is 0. The van der Waals surface area contributed by atoms with Gasteiger partial charge in [0, 0.05) is 12.1 Å². The van der Waals surface area contributed by atoms with E-state index < -0.39 is 0 Å². The maximum absolute atomic E-state index is 5.67. The highest BCUT2D eigenvalue weighted by atomic mass is 14.8. The predicted octanol–water partition coefficient (Wildman–Crippen LogP) is 0.381. The molecule has 0 saturated heterocycles. The lowest BCUT2D eigenvalue weighted by atomic mass is 9.93. The number of hydrogen-bond donors (Lipinski definition) is 2. The molecular weight excluding hydrogens is 112 g/mol. The van der Waals surface area contributed by atoms with Crippen LogP contribution in [0.25, 0.3) is 0 Å². The van der Waals surface area contributed by atoms with Crippen LogP contribution < -0.4 is 11.5 Å². The summed E-state index contributed by atoms with van der Waals surface area (Å²) in [5, 5.41) is 0. The van der Waals surface area contributed by atoms with E-state index in [1.807, 2.05) is 0 Å². The molecule has 1 rings (SSSR count). The summed E-state index contributed by atoms with van der Waals surface area (Å²) in [6, 6.07) is 0.285. The first-order chi connectivity index (χ1) is 4.20. The van der Waals surface area contributed by atoms with Gasteiger partial charge >= 0.3 is 0 Å². The second-order valence-electron chi connectivity index (χ2n) is 2.79. The third-order valence-electron chi connectivity index (χ3n) is 1.84. The van der Waals surface area contributed by atoms with Crippen LogP contribution in [-0.4, -0.2) is 12.1 Å². The van der Waals surface area contributed by atoms with Gasteiger partial charge in [0.25, 0.3) is 0 Å². The second-order valence-corrected chi connectivity index (χ2v) is 2.79. The van der Waals surface area contributed by atoms with Crippen molar-refractivity contribution in [3.63, 3.8) is 0 Å². The summed E-state index contributed by atoms with van der Waals surface area (Å²) in [6.45, 7) is 2.10. The van der Waals surface area contributed by atoms with E-state index in [9.17, 15) is 0 Å². The van der Waals surface area contributed by atoms with Gasteiger partial charge in [0.15, 0.2) is 0 Å². The average molecular weight is 126 g/mol. The van der Waals surface area contributed by atoms with E-state index in [-0.39, 0.29) is 12.1 Å². The van der Waals surface area contributed by atoms with Crippen molar-refractivity contribution >= 4 is 0 Å². The van der Waals surface area contributed by atoms with E-state index in [1.165, 1.54) is 5.57 Å². The third kappa shape index (κ3) is 1.53. The molecule has 2 atom stereocenters. The first-order valence-corrected chi connectivity index (χ1v) is 3.38. The highest BCUT2D eigenvalue weighted by molar-refractivity contribution is 5.10. The van der Waals surface area contributed by atoms with Crippen LogP contribution in [0.2, 0.25) is 0 Å². The molecule has 2 heteroatoms. The first-order valence-electron chi connectivity index (χ1n) is 3.38. The lowest BCUT2D eigenvalue weighted by molar-refractivity contribution is 0.528. The molecule has 0 heterocycles. The molecular formula is C7H14N2. The maximum atomic E-state index is 5.67. The van der Waals surface area contributed by atoms with Crippen molar-refractivity contribution in [1.29, 1.82) is 0 Å². The summed E-state index contributed by atoms with van der Waals surface area (Å²) in [5.74, 6) is 0.